The monoisotopic (exact) mass is 326 g/mol. The molecule has 1 aliphatic heterocycles. The Kier molecular flexibility index (Phi) is 3.12. The molecule has 94 valence electrons. The molecular formula is C14H12BrClO2. The van der Waals surface area contributed by atoms with E-state index < -0.39 is 0 Å². The zero-order valence-electron chi connectivity index (χ0n) is 9.82. The summed E-state index contributed by atoms with van der Waals surface area (Å²) >= 11 is 9.85. The molecule has 2 nitrogen and oxygen atoms in total. The molecule has 1 aromatic heterocycles. The fraction of sp³-hybridized carbons (Fsp3) is 0.286. The zero-order chi connectivity index (χ0) is 12.7. The highest BCUT2D eigenvalue weighted by Gasteiger charge is 2.22. The van der Waals surface area contributed by atoms with Crippen LogP contribution in [0.1, 0.15) is 29.0 Å². The Labute approximate surface area is 119 Å². The number of hydrogen-bond acceptors (Lipinski definition) is 2. The molecule has 0 N–H and O–H groups in total. The molecule has 0 fully saturated rings. The van der Waals surface area contributed by atoms with Gasteiger partial charge in [0, 0.05) is 12.0 Å². The predicted molar refractivity (Wildman–Crippen MR) is 74.3 cm³/mol. The third-order valence-electron chi connectivity index (χ3n) is 3.13. The van der Waals surface area contributed by atoms with Gasteiger partial charge in [0.05, 0.1) is 11.6 Å². The number of rotatable bonds is 2. The van der Waals surface area contributed by atoms with Crippen LogP contribution in [0.15, 0.2) is 39.6 Å². The Morgan fingerprint density at radius 1 is 1.39 bits per heavy atom. The van der Waals surface area contributed by atoms with Crippen molar-refractivity contribution in [2.75, 3.05) is 0 Å². The summed E-state index contributed by atoms with van der Waals surface area (Å²) in [5.74, 6) is 0.973. The number of halogens is 2. The van der Waals surface area contributed by atoms with Crippen LogP contribution in [0.4, 0.5) is 0 Å². The largest absolute Gasteiger partial charge is 0.490 e. The van der Waals surface area contributed by atoms with Gasteiger partial charge in [-0.05, 0) is 46.1 Å². The topological polar surface area (TPSA) is 22.4 Å². The molecular weight excluding hydrogens is 316 g/mol. The summed E-state index contributed by atoms with van der Waals surface area (Å²) in [6.07, 6.45) is 2.83. The molecule has 2 unspecified atom stereocenters. The molecule has 3 rings (SSSR count). The van der Waals surface area contributed by atoms with Gasteiger partial charge in [-0.15, -0.1) is 11.6 Å². The molecule has 1 aliphatic rings. The summed E-state index contributed by atoms with van der Waals surface area (Å²) in [5.41, 5.74) is 3.24. The van der Waals surface area contributed by atoms with Crippen LogP contribution in [0.5, 0.6) is 5.75 Å². The van der Waals surface area contributed by atoms with Gasteiger partial charge in [-0.25, -0.2) is 0 Å². The van der Waals surface area contributed by atoms with Gasteiger partial charge in [-0.2, -0.15) is 0 Å². The molecule has 18 heavy (non-hydrogen) atoms. The van der Waals surface area contributed by atoms with Crippen molar-refractivity contribution in [3.05, 3.63) is 51.9 Å². The standard InChI is InChI=1S/C14H12BrClO2/c1-8-6-10-7-9(2-3-12(10)18-8)13(16)11-4-5-17-14(11)15/h2-5,7-8,13H,6H2,1H3. The number of ether oxygens (including phenoxy) is 1. The molecule has 2 heterocycles. The predicted octanol–water partition coefficient (Wildman–Crippen LogP) is 4.69. The Morgan fingerprint density at radius 3 is 2.94 bits per heavy atom. The maximum Gasteiger partial charge on any atom is 0.173 e. The minimum absolute atomic E-state index is 0.209. The van der Waals surface area contributed by atoms with E-state index in [0.717, 1.165) is 23.3 Å². The van der Waals surface area contributed by atoms with Crippen LogP contribution in [-0.2, 0) is 6.42 Å². The van der Waals surface area contributed by atoms with Crippen LogP contribution in [0.3, 0.4) is 0 Å². The maximum absolute atomic E-state index is 6.49. The van der Waals surface area contributed by atoms with Crippen LogP contribution >= 0.6 is 27.5 Å². The fourth-order valence-corrected chi connectivity index (χ4v) is 3.17. The Morgan fingerprint density at radius 2 is 2.22 bits per heavy atom. The van der Waals surface area contributed by atoms with Gasteiger partial charge in [0.2, 0.25) is 0 Å². The molecule has 4 heteroatoms. The number of furan rings is 1. The van der Waals surface area contributed by atoms with Gasteiger partial charge >= 0.3 is 0 Å². The molecule has 2 atom stereocenters. The highest BCUT2D eigenvalue weighted by molar-refractivity contribution is 9.10. The van der Waals surface area contributed by atoms with E-state index in [0.29, 0.717) is 4.67 Å². The summed E-state index contributed by atoms with van der Waals surface area (Å²) in [4.78, 5) is 0. The van der Waals surface area contributed by atoms with E-state index in [9.17, 15) is 0 Å². The van der Waals surface area contributed by atoms with Crippen molar-refractivity contribution in [1.82, 2.24) is 0 Å². The number of hydrogen-bond donors (Lipinski definition) is 0. The van der Waals surface area contributed by atoms with E-state index in [1.165, 1.54) is 5.56 Å². The van der Waals surface area contributed by atoms with Gasteiger partial charge < -0.3 is 9.15 Å². The molecule has 0 spiro atoms. The minimum atomic E-state index is -0.209. The highest BCUT2D eigenvalue weighted by Crippen LogP contribution is 2.38. The van der Waals surface area contributed by atoms with Gasteiger partial charge in [0.25, 0.3) is 0 Å². The van der Waals surface area contributed by atoms with Crippen molar-refractivity contribution in [2.45, 2.75) is 24.8 Å². The van der Waals surface area contributed by atoms with Crippen molar-refractivity contribution in [1.29, 1.82) is 0 Å². The number of fused-ring (bicyclic) bond motifs is 1. The Bertz CT molecular complexity index is 579. The average Bonchev–Trinajstić information content (AvgIpc) is 2.91. The molecule has 0 aliphatic carbocycles. The van der Waals surface area contributed by atoms with E-state index in [2.05, 4.69) is 28.9 Å². The van der Waals surface area contributed by atoms with Gasteiger partial charge in [-0.3, -0.25) is 0 Å². The first kappa shape index (κ1) is 12.1. The summed E-state index contributed by atoms with van der Waals surface area (Å²) in [6.45, 7) is 2.07. The van der Waals surface area contributed by atoms with Crippen molar-refractivity contribution < 1.29 is 9.15 Å². The molecule has 2 aromatic rings. The van der Waals surface area contributed by atoms with Crippen molar-refractivity contribution in [3.8, 4) is 5.75 Å². The lowest BCUT2D eigenvalue weighted by Gasteiger charge is -2.09. The van der Waals surface area contributed by atoms with Crippen molar-refractivity contribution in [2.24, 2.45) is 0 Å². The van der Waals surface area contributed by atoms with Crippen LogP contribution in [0.2, 0.25) is 0 Å². The summed E-state index contributed by atoms with van der Waals surface area (Å²) in [6, 6.07) is 8.01. The second-order valence-electron chi connectivity index (χ2n) is 4.51. The lowest BCUT2D eigenvalue weighted by atomic mass is 10.0. The van der Waals surface area contributed by atoms with Gasteiger partial charge in [-0.1, -0.05) is 12.1 Å². The normalized spacial score (nSPS) is 19.4. The number of benzene rings is 1. The molecule has 0 saturated carbocycles. The third kappa shape index (κ3) is 2.06. The van der Waals surface area contributed by atoms with Crippen molar-refractivity contribution >= 4 is 27.5 Å². The Hall–Kier alpha value is -0.930. The summed E-state index contributed by atoms with van der Waals surface area (Å²) in [5, 5.41) is -0.209. The molecule has 0 radical (unpaired) electrons. The Balaban J connectivity index is 1.94. The highest BCUT2D eigenvalue weighted by atomic mass is 79.9. The van der Waals surface area contributed by atoms with Gasteiger partial charge in [0.1, 0.15) is 11.9 Å². The fourth-order valence-electron chi connectivity index (χ4n) is 2.26. The molecule has 0 saturated heterocycles. The van der Waals surface area contributed by atoms with E-state index >= 15 is 0 Å². The van der Waals surface area contributed by atoms with Crippen LogP contribution in [-0.4, -0.2) is 6.10 Å². The zero-order valence-corrected chi connectivity index (χ0v) is 12.2. The van der Waals surface area contributed by atoms with Crippen LogP contribution in [0.25, 0.3) is 0 Å². The SMILES string of the molecule is CC1Cc2cc(C(Cl)c3ccoc3Br)ccc2O1. The smallest absolute Gasteiger partial charge is 0.173 e. The maximum atomic E-state index is 6.49. The van der Waals surface area contributed by atoms with E-state index in [4.69, 9.17) is 20.8 Å². The number of alkyl halides is 1. The van der Waals surface area contributed by atoms with Gasteiger partial charge in [0.15, 0.2) is 4.67 Å². The second-order valence-corrected chi connectivity index (χ2v) is 5.67. The summed E-state index contributed by atoms with van der Waals surface area (Å²) in [7, 11) is 0. The first-order valence-corrected chi connectivity index (χ1v) is 7.04. The minimum Gasteiger partial charge on any atom is -0.490 e. The third-order valence-corrected chi connectivity index (χ3v) is 4.26. The second kappa shape index (κ2) is 4.63. The van der Waals surface area contributed by atoms with Crippen LogP contribution in [0, 0.1) is 0 Å². The lowest BCUT2D eigenvalue weighted by molar-refractivity contribution is 0.254. The average molecular weight is 328 g/mol. The molecule has 0 amide bonds. The molecule has 1 aromatic carbocycles. The van der Waals surface area contributed by atoms with E-state index in [-0.39, 0.29) is 11.5 Å². The van der Waals surface area contributed by atoms with E-state index in [1.54, 1.807) is 6.26 Å². The van der Waals surface area contributed by atoms with E-state index in [1.807, 2.05) is 18.2 Å². The first-order chi connectivity index (χ1) is 8.65. The molecule has 0 bridgehead atoms. The first-order valence-electron chi connectivity index (χ1n) is 5.81. The lowest BCUT2D eigenvalue weighted by Crippen LogP contribution is -2.05. The quantitative estimate of drug-likeness (QED) is 0.746. The van der Waals surface area contributed by atoms with Crippen LogP contribution < -0.4 is 4.74 Å². The summed E-state index contributed by atoms with van der Waals surface area (Å²) < 4.78 is 11.6. The van der Waals surface area contributed by atoms with Crippen molar-refractivity contribution in [3.63, 3.8) is 0 Å².